The van der Waals surface area contributed by atoms with Crippen LogP contribution in [0.5, 0.6) is 0 Å². The highest BCUT2D eigenvalue weighted by Crippen LogP contribution is 2.48. The van der Waals surface area contributed by atoms with Crippen LogP contribution in [-0.2, 0) is 9.53 Å². The number of rotatable bonds is 5. The second-order valence-electron chi connectivity index (χ2n) is 6.67. The third kappa shape index (κ3) is 3.63. The maximum absolute atomic E-state index is 12.6. The van der Waals surface area contributed by atoms with Crippen molar-refractivity contribution in [2.75, 3.05) is 5.32 Å². The quantitative estimate of drug-likeness (QED) is 0.801. The highest BCUT2D eigenvalue weighted by Gasteiger charge is 2.44. The summed E-state index contributed by atoms with van der Waals surface area (Å²) in [5.74, 6) is -0.459. The van der Waals surface area contributed by atoms with E-state index in [2.05, 4.69) is 11.4 Å². The minimum Gasteiger partial charge on any atom is -0.459 e. The van der Waals surface area contributed by atoms with Crippen LogP contribution in [0.4, 0.5) is 5.00 Å². The molecule has 6 heteroatoms. The average molecular weight is 368 g/mol. The number of nitrogens with zero attached hydrogens (tertiary/aromatic N) is 1. The summed E-state index contributed by atoms with van der Waals surface area (Å²) in [6.45, 7) is 5.24. The lowest BCUT2D eigenvalue weighted by Gasteiger charge is -2.06. The van der Waals surface area contributed by atoms with E-state index in [0.29, 0.717) is 21.0 Å². The number of esters is 1. The number of carbonyl (C=O) groups excluding carboxylic acids is 2. The van der Waals surface area contributed by atoms with Crippen LogP contribution in [-0.4, -0.2) is 18.0 Å². The maximum atomic E-state index is 12.6. The van der Waals surface area contributed by atoms with Crippen molar-refractivity contribution in [1.82, 2.24) is 0 Å². The lowest BCUT2D eigenvalue weighted by atomic mass is 10.1. The molecule has 1 aliphatic rings. The number of ether oxygens (including phenoxy) is 1. The standard InChI is InChI=1S/C20H20N2O3S/c1-11(2)25-20(24)17-12(3)16(10-21)19(26-17)22-18(23)15-9-14(15)13-7-5-4-6-8-13/h4-8,11,14-15H,9H2,1-3H3,(H,22,23)/t14-,15-/m0/s1. The van der Waals surface area contributed by atoms with Crippen LogP contribution in [0.3, 0.4) is 0 Å². The molecule has 1 amide bonds. The third-order valence-electron chi connectivity index (χ3n) is 4.38. The van der Waals surface area contributed by atoms with Gasteiger partial charge < -0.3 is 10.1 Å². The highest BCUT2D eigenvalue weighted by atomic mass is 32.1. The fraction of sp³-hybridized carbons (Fsp3) is 0.350. The Labute approximate surface area is 156 Å². The van der Waals surface area contributed by atoms with Gasteiger partial charge in [-0.2, -0.15) is 5.26 Å². The number of amides is 1. The molecule has 0 bridgehead atoms. The second kappa shape index (κ2) is 7.30. The van der Waals surface area contributed by atoms with Gasteiger partial charge in [-0.05, 0) is 44.2 Å². The molecule has 1 aromatic carbocycles. The summed E-state index contributed by atoms with van der Waals surface area (Å²) in [5.41, 5.74) is 2.03. The minimum atomic E-state index is -0.465. The van der Waals surface area contributed by atoms with Gasteiger partial charge in [0.1, 0.15) is 15.9 Å². The van der Waals surface area contributed by atoms with E-state index in [0.717, 1.165) is 23.3 Å². The predicted octanol–water partition coefficient (Wildman–Crippen LogP) is 4.24. The number of benzene rings is 1. The number of thiophene rings is 1. The maximum Gasteiger partial charge on any atom is 0.348 e. The molecule has 3 rings (SSSR count). The molecule has 1 saturated carbocycles. The summed E-state index contributed by atoms with van der Waals surface area (Å²) in [6.07, 6.45) is 0.551. The molecule has 0 radical (unpaired) electrons. The molecule has 1 fully saturated rings. The summed E-state index contributed by atoms with van der Waals surface area (Å²) in [5, 5.41) is 12.7. The van der Waals surface area contributed by atoms with Crippen molar-refractivity contribution in [3.05, 3.63) is 51.9 Å². The van der Waals surface area contributed by atoms with E-state index in [9.17, 15) is 14.9 Å². The number of anilines is 1. The Kier molecular flexibility index (Phi) is 5.10. The molecule has 5 nitrogen and oxygen atoms in total. The van der Waals surface area contributed by atoms with Crippen molar-refractivity contribution < 1.29 is 14.3 Å². The molecular weight excluding hydrogens is 348 g/mol. The number of nitrogens with one attached hydrogen (secondary N) is 1. The number of carbonyl (C=O) groups is 2. The van der Waals surface area contributed by atoms with Crippen molar-refractivity contribution in [3.63, 3.8) is 0 Å². The normalized spacial score (nSPS) is 18.3. The summed E-state index contributed by atoms with van der Waals surface area (Å²) >= 11 is 1.10. The van der Waals surface area contributed by atoms with Gasteiger partial charge in [-0.25, -0.2) is 4.79 Å². The van der Waals surface area contributed by atoms with Crippen LogP contribution in [0.15, 0.2) is 30.3 Å². The Morgan fingerprint density at radius 3 is 2.62 bits per heavy atom. The van der Waals surface area contributed by atoms with Gasteiger partial charge in [-0.1, -0.05) is 30.3 Å². The molecule has 0 spiro atoms. The molecule has 0 saturated heterocycles. The first-order valence-electron chi connectivity index (χ1n) is 8.52. The molecule has 1 N–H and O–H groups in total. The van der Waals surface area contributed by atoms with Crippen molar-refractivity contribution in [3.8, 4) is 6.07 Å². The summed E-state index contributed by atoms with van der Waals surface area (Å²) < 4.78 is 5.22. The third-order valence-corrected chi connectivity index (χ3v) is 5.57. The molecule has 0 aliphatic heterocycles. The molecule has 0 unspecified atom stereocenters. The minimum absolute atomic E-state index is 0.0996. The number of nitriles is 1. The Balaban J connectivity index is 1.75. The van der Waals surface area contributed by atoms with Crippen LogP contribution in [0.2, 0.25) is 0 Å². The van der Waals surface area contributed by atoms with E-state index in [1.54, 1.807) is 20.8 Å². The van der Waals surface area contributed by atoms with E-state index in [4.69, 9.17) is 4.74 Å². The van der Waals surface area contributed by atoms with Crippen LogP contribution >= 0.6 is 11.3 Å². The molecule has 1 aliphatic carbocycles. The predicted molar refractivity (Wildman–Crippen MR) is 100 cm³/mol. The first kappa shape index (κ1) is 18.2. The van der Waals surface area contributed by atoms with Crippen LogP contribution < -0.4 is 5.32 Å². The summed E-state index contributed by atoms with van der Waals surface area (Å²) in [7, 11) is 0. The first-order valence-corrected chi connectivity index (χ1v) is 9.34. The van der Waals surface area contributed by atoms with Gasteiger partial charge in [0.15, 0.2) is 0 Å². The van der Waals surface area contributed by atoms with E-state index >= 15 is 0 Å². The molecule has 2 aromatic rings. The largest absolute Gasteiger partial charge is 0.459 e. The van der Waals surface area contributed by atoms with E-state index in [-0.39, 0.29) is 23.8 Å². The fourth-order valence-electron chi connectivity index (χ4n) is 2.96. The van der Waals surface area contributed by atoms with Gasteiger partial charge in [-0.3, -0.25) is 4.79 Å². The fourth-order valence-corrected chi connectivity index (χ4v) is 4.00. The van der Waals surface area contributed by atoms with Crippen LogP contribution in [0.25, 0.3) is 0 Å². The second-order valence-corrected chi connectivity index (χ2v) is 7.70. The van der Waals surface area contributed by atoms with E-state index in [1.165, 1.54) is 0 Å². The Morgan fingerprint density at radius 2 is 2.00 bits per heavy atom. The van der Waals surface area contributed by atoms with Gasteiger partial charge in [-0.15, -0.1) is 11.3 Å². The van der Waals surface area contributed by atoms with Gasteiger partial charge in [0, 0.05) is 5.92 Å². The Morgan fingerprint density at radius 1 is 1.31 bits per heavy atom. The highest BCUT2D eigenvalue weighted by molar-refractivity contribution is 7.18. The van der Waals surface area contributed by atoms with Gasteiger partial charge in [0.2, 0.25) is 5.91 Å². The van der Waals surface area contributed by atoms with Gasteiger partial charge >= 0.3 is 5.97 Å². The zero-order valence-corrected chi connectivity index (χ0v) is 15.7. The van der Waals surface area contributed by atoms with Crippen molar-refractivity contribution in [2.45, 2.75) is 39.2 Å². The van der Waals surface area contributed by atoms with Gasteiger partial charge in [0.25, 0.3) is 0 Å². The Hall–Kier alpha value is -2.65. The first-order chi connectivity index (χ1) is 12.4. The zero-order chi connectivity index (χ0) is 18.8. The molecular formula is C20H20N2O3S. The lowest BCUT2D eigenvalue weighted by molar-refractivity contribution is -0.117. The zero-order valence-electron chi connectivity index (χ0n) is 14.9. The number of hydrogen-bond acceptors (Lipinski definition) is 5. The average Bonchev–Trinajstić information content (AvgIpc) is 3.34. The van der Waals surface area contributed by atoms with Crippen molar-refractivity contribution >= 4 is 28.2 Å². The molecule has 1 aromatic heterocycles. The molecule has 1 heterocycles. The van der Waals surface area contributed by atoms with Crippen LogP contribution in [0, 0.1) is 24.2 Å². The van der Waals surface area contributed by atoms with Crippen LogP contribution in [0.1, 0.15) is 52.5 Å². The van der Waals surface area contributed by atoms with Crippen molar-refractivity contribution in [1.29, 1.82) is 5.26 Å². The topological polar surface area (TPSA) is 79.2 Å². The lowest BCUT2D eigenvalue weighted by Crippen LogP contribution is -2.14. The summed E-state index contributed by atoms with van der Waals surface area (Å²) in [4.78, 5) is 25.1. The number of hydrogen-bond donors (Lipinski definition) is 1. The van der Waals surface area contributed by atoms with E-state index < -0.39 is 5.97 Å². The van der Waals surface area contributed by atoms with E-state index in [1.807, 2.05) is 30.3 Å². The molecule has 2 atom stereocenters. The van der Waals surface area contributed by atoms with Gasteiger partial charge in [0.05, 0.1) is 11.7 Å². The molecule has 26 heavy (non-hydrogen) atoms. The van der Waals surface area contributed by atoms with Crippen molar-refractivity contribution in [2.24, 2.45) is 5.92 Å². The smallest absolute Gasteiger partial charge is 0.348 e. The summed E-state index contributed by atoms with van der Waals surface area (Å²) in [6, 6.07) is 12.0. The molecule has 134 valence electrons. The monoisotopic (exact) mass is 368 g/mol. The Bertz CT molecular complexity index is 880. The SMILES string of the molecule is Cc1c(C(=O)OC(C)C)sc(NC(=O)[C@H]2C[C@H]2c2ccccc2)c1C#N.